The van der Waals surface area contributed by atoms with E-state index in [-0.39, 0.29) is 5.91 Å². The number of benzene rings is 2. The Morgan fingerprint density at radius 3 is 2.50 bits per heavy atom. The van der Waals surface area contributed by atoms with E-state index in [1.54, 1.807) is 7.11 Å². The van der Waals surface area contributed by atoms with Crippen LogP contribution in [0.15, 0.2) is 36.4 Å². The fourth-order valence-corrected chi connectivity index (χ4v) is 3.57. The van der Waals surface area contributed by atoms with Crippen LogP contribution in [-0.2, 0) is 11.3 Å². The van der Waals surface area contributed by atoms with Gasteiger partial charge in [-0.15, -0.1) is 0 Å². The van der Waals surface area contributed by atoms with E-state index in [0.717, 1.165) is 23.6 Å². The van der Waals surface area contributed by atoms with Crippen molar-refractivity contribution < 1.29 is 9.53 Å². The molecule has 2 aliphatic rings. The average molecular weight is 352 g/mol. The number of hydrogen-bond acceptors (Lipinski definition) is 3. The van der Waals surface area contributed by atoms with Crippen LogP contribution in [-0.4, -0.2) is 49.0 Å². The fourth-order valence-electron chi connectivity index (χ4n) is 3.57. The number of amides is 1. The Balaban J connectivity index is 1.39. The molecule has 0 unspecified atom stereocenters. The van der Waals surface area contributed by atoms with Gasteiger partial charge in [-0.1, -0.05) is 18.2 Å². The highest BCUT2D eigenvalue weighted by Gasteiger charge is 2.34. The summed E-state index contributed by atoms with van der Waals surface area (Å²) in [4.78, 5) is 17.0. The molecule has 0 bridgehead atoms. The minimum atomic E-state index is 0.229. The van der Waals surface area contributed by atoms with Crippen molar-refractivity contribution in [3.8, 4) is 5.75 Å². The SMILES string of the molecule is COc1ccc2cc(CN(C)C(=O)CN(CC3CC3)C3CC3)ccc2c1. The summed E-state index contributed by atoms with van der Waals surface area (Å²) < 4.78 is 5.28. The second-order valence-electron chi connectivity index (χ2n) is 7.90. The highest BCUT2D eigenvalue weighted by Crippen LogP contribution is 2.34. The van der Waals surface area contributed by atoms with Crippen LogP contribution in [0.2, 0.25) is 0 Å². The van der Waals surface area contributed by atoms with E-state index in [1.165, 1.54) is 36.6 Å². The zero-order valence-corrected chi connectivity index (χ0v) is 15.8. The monoisotopic (exact) mass is 352 g/mol. The maximum Gasteiger partial charge on any atom is 0.236 e. The third kappa shape index (κ3) is 4.18. The molecular weight excluding hydrogens is 324 g/mol. The molecule has 0 aromatic heterocycles. The molecule has 4 heteroatoms. The Morgan fingerprint density at radius 1 is 1.08 bits per heavy atom. The zero-order chi connectivity index (χ0) is 18.1. The van der Waals surface area contributed by atoms with Crippen LogP contribution in [0, 0.1) is 5.92 Å². The lowest BCUT2D eigenvalue weighted by Crippen LogP contribution is -2.40. The number of ether oxygens (including phenoxy) is 1. The van der Waals surface area contributed by atoms with Crippen molar-refractivity contribution in [2.75, 3.05) is 27.2 Å². The first-order valence-electron chi connectivity index (χ1n) is 9.67. The van der Waals surface area contributed by atoms with E-state index in [2.05, 4.69) is 29.2 Å². The molecule has 26 heavy (non-hydrogen) atoms. The summed E-state index contributed by atoms with van der Waals surface area (Å²) >= 11 is 0. The van der Waals surface area contributed by atoms with E-state index in [1.807, 2.05) is 24.1 Å². The Kier molecular flexibility index (Phi) is 4.86. The quantitative estimate of drug-likeness (QED) is 0.726. The predicted molar refractivity (Wildman–Crippen MR) is 104 cm³/mol. The molecule has 0 heterocycles. The van der Waals surface area contributed by atoms with Gasteiger partial charge in [0.25, 0.3) is 0 Å². The lowest BCUT2D eigenvalue weighted by atomic mass is 10.1. The summed E-state index contributed by atoms with van der Waals surface area (Å²) in [6.45, 7) is 2.34. The van der Waals surface area contributed by atoms with E-state index in [0.29, 0.717) is 19.1 Å². The first-order valence-corrected chi connectivity index (χ1v) is 9.67. The van der Waals surface area contributed by atoms with Crippen molar-refractivity contribution in [1.82, 2.24) is 9.80 Å². The highest BCUT2D eigenvalue weighted by atomic mass is 16.5. The average Bonchev–Trinajstić information content (AvgIpc) is 3.54. The molecule has 4 nitrogen and oxygen atoms in total. The molecule has 138 valence electrons. The molecule has 2 fully saturated rings. The predicted octanol–water partition coefficient (Wildman–Crippen LogP) is 3.68. The van der Waals surface area contributed by atoms with E-state index in [9.17, 15) is 4.79 Å². The molecule has 2 aliphatic carbocycles. The van der Waals surface area contributed by atoms with Crippen molar-refractivity contribution in [1.29, 1.82) is 0 Å². The molecule has 4 rings (SSSR count). The van der Waals surface area contributed by atoms with Gasteiger partial charge in [0.05, 0.1) is 13.7 Å². The minimum absolute atomic E-state index is 0.229. The standard InChI is InChI=1S/C22H28N2O2/c1-23(22(25)15-24(20-8-9-20)14-16-3-4-16)13-17-5-6-19-12-21(26-2)10-7-18(19)11-17/h5-7,10-12,16,20H,3-4,8-9,13-15H2,1-2H3. The van der Waals surface area contributed by atoms with Crippen LogP contribution in [0.3, 0.4) is 0 Å². The van der Waals surface area contributed by atoms with Crippen LogP contribution >= 0.6 is 0 Å². The summed E-state index contributed by atoms with van der Waals surface area (Å²) in [6, 6.07) is 13.1. The van der Waals surface area contributed by atoms with E-state index >= 15 is 0 Å². The van der Waals surface area contributed by atoms with Crippen molar-refractivity contribution in [3.05, 3.63) is 42.0 Å². The molecule has 1 amide bonds. The van der Waals surface area contributed by atoms with Gasteiger partial charge >= 0.3 is 0 Å². The van der Waals surface area contributed by atoms with Gasteiger partial charge in [-0.3, -0.25) is 9.69 Å². The maximum absolute atomic E-state index is 12.7. The number of carbonyl (C=O) groups excluding carboxylic acids is 1. The molecule has 2 aromatic rings. The number of likely N-dealkylation sites (N-methyl/N-ethyl adjacent to an activating group) is 1. The van der Waals surface area contributed by atoms with Gasteiger partial charge in [0.1, 0.15) is 5.75 Å². The normalized spacial score (nSPS) is 16.9. The molecule has 0 aliphatic heterocycles. The van der Waals surface area contributed by atoms with Gasteiger partial charge in [-0.2, -0.15) is 0 Å². The highest BCUT2D eigenvalue weighted by molar-refractivity contribution is 5.84. The minimum Gasteiger partial charge on any atom is -0.497 e. The van der Waals surface area contributed by atoms with Crippen molar-refractivity contribution in [2.24, 2.45) is 5.92 Å². The van der Waals surface area contributed by atoms with E-state index < -0.39 is 0 Å². The molecule has 0 spiro atoms. The zero-order valence-electron chi connectivity index (χ0n) is 15.8. The van der Waals surface area contributed by atoms with Gasteiger partial charge in [0.15, 0.2) is 0 Å². The maximum atomic E-state index is 12.7. The summed E-state index contributed by atoms with van der Waals surface area (Å²) in [5.41, 5.74) is 1.17. The van der Waals surface area contributed by atoms with E-state index in [4.69, 9.17) is 4.74 Å². The molecule has 0 radical (unpaired) electrons. The lowest BCUT2D eigenvalue weighted by Gasteiger charge is -2.25. The second kappa shape index (κ2) is 7.28. The summed E-state index contributed by atoms with van der Waals surface area (Å²) in [7, 11) is 3.60. The second-order valence-corrected chi connectivity index (χ2v) is 7.90. The topological polar surface area (TPSA) is 32.8 Å². The first kappa shape index (κ1) is 17.3. The Hall–Kier alpha value is -2.07. The number of carbonyl (C=O) groups is 1. The third-order valence-corrected chi connectivity index (χ3v) is 5.55. The van der Waals surface area contributed by atoms with Gasteiger partial charge in [0.2, 0.25) is 5.91 Å². The van der Waals surface area contributed by atoms with Crippen LogP contribution in [0.25, 0.3) is 10.8 Å². The number of hydrogen-bond donors (Lipinski definition) is 0. The molecule has 2 aromatic carbocycles. The van der Waals surface area contributed by atoms with Crippen molar-refractivity contribution in [3.63, 3.8) is 0 Å². The molecule has 0 atom stereocenters. The Bertz CT molecular complexity index is 796. The molecule has 0 N–H and O–H groups in total. The van der Waals surface area contributed by atoms with Crippen molar-refractivity contribution >= 4 is 16.7 Å². The van der Waals surface area contributed by atoms with Crippen LogP contribution in [0.4, 0.5) is 0 Å². The van der Waals surface area contributed by atoms with Gasteiger partial charge in [-0.25, -0.2) is 0 Å². The van der Waals surface area contributed by atoms with Crippen molar-refractivity contribution in [2.45, 2.75) is 38.3 Å². The number of methoxy groups -OCH3 is 1. The number of nitrogens with zero attached hydrogens (tertiary/aromatic N) is 2. The Morgan fingerprint density at radius 2 is 1.81 bits per heavy atom. The summed E-state index contributed by atoms with van der Waals surface area (Å²) in [5.74, 6) is 1.94. The van der Waals surface area contributed by atoms with Crippen LogP contribution < -0.4 is 4.74 Å². The number of fused-ring (bicyclic) bond motifs is 1. The third-order valence-electron chi connectivity index (χ3n) is 5.55. The largest absolute Gasteiger partial charge is 0.497 e. The number of rotatable bonds is 8. The van der Waals surface area contributed by atoms with Gasteiger partial charge in [0, 0.05) is 26.2 Å². The van der Waals surface area contributed by atoms with Crippen LogP contribution in [0.5, 0.6) is 5.75 Å². The summed E-state index contributed by atoms with van der Waals surface area (Å²) in [5, 5.41) is 2.34. The smallest absolute Gasteiger partial charge is 0.236 e. The molecule has 0 saturated heterocycles. The molecular formula is C22H28N2O2. The lowest BCUT2D eigenvalue weighted by molar-refractivity contribution is -0.131. The molecule has 2 saturated carbocycles. The first-order chi connectivity index (χ1) is 12.6. The summed E-state index contributed by atoms with van der Waals surface area (Å²) in [6.07, 6.45) is 5.21. The van der Waals surface area contributed by atoms with Crippen LogP contribution in [0.1, 0.15) is 31.2 Å². The Labute approximate surface area is 155 Å². The fraction of sp³-hybridized carbons (Fsp3) is 0.500. The van der Waals surface area contributed by atoms with Gasteiger partial charge < -0.3 is 9.64 Å². The van der Waals surface area contributed by atoms with Gasteiger partial charge in [-0.05, 0) is 66.1 Å².